The van der Waals surface area contributed by atoms with Crippen LogP contribution in [0.5, 0.6) is 34.5 Å². The summed E-state index contributed by atoms with van der Waals surface area (Å²) in [4.78, 5) is 0. The monoisotopic (exact) mass is 404 g/mol. The second kappa shape index (κ2) is 11.2. The quantitative estimate of drug-likeness (QED) is 0.443. The molecule has 0 atom stereocenters. The summed E-state index contributed by atoms with van der Waals surface area (Å²) in [6.07, 6.45) is 0. The molecule has 0 aromatic heterocycles. The van der Waals surface area contributed by atoms with Gasteiger partial charge in [-0.15, -0.1) is 10.6 Å². The first-order chi connectivity index (χ1) is 12.1. The Morgan fingerprint density at radius 2 is 0.769 bits per heavy atom. The minimum absolute atomic E-state index is 0. The van der Waals surface area contributed by atoms with E-state index in [9.17, 15) is 0 Å². The van der Waals surface area contributed by atoms with Crippen LogP contribution in [0.15, 0.2) is 24.3 Å². The van der Waals surface area contributed by atoms with Gasteiger partial charge in [0.1, 0.15) is 11.5 Å². The zero-order valence-electron chi connectivity index (χ0n) is 16.2. The zero-order chi connectivity index (χ0) is 18.4. The Bertz CT molecular complexity index is 626. The molecule has 0 unspecified atom stereocenters. The van der Waals surface area contributed by atoms with Crippen LogP contribution in [0.2, 0.25) is 0 Å². The molecule has 0 aliphatic heterocycles. The fraction of sp³-hybridized carbons (Fsp3) is 0.333. The summed E-state index contributed by atoms with van der Waals surface area (Å²) in [5, 5.41) is 1.68. The fourth-order valence-electron chi connectivity index (χ4n) is 2.31. The van der Waals surface area contributed by atoms with Crippen molar-refractivity contribution in [2.24, 2.45) is 0 Å². The maximum absolute atomic E-state index is 5.52. The second-order valence-corrected chi connectivity index (χ2v) is 5.99. The minimum Gasteiger partial charge on any atom is -0.499 e. The summed E-state index contributed by atoms with van der Waals surface area (Å²) in [7, 11) is 10.4. The van der Waals surface area contributed by atoms with Gasteiger partial charge >= 0.3 is 51.4 Å². The molecular formula is C18H22KO6P. The summed E-state index contributed by atoms with van der Waals surface area (Å²) in [5.41, 5.74) is 0. The molecule has 0 radical (unpaired) electrons. The van der Waals surface area contributed by atoms with Crippen LogP contribution in [-0.4, -0.2) is 42.7 Å². The van der Waals surface area contributed by atoms with Crippen LogP contribution in [0.1, 0.15) is 0 Å². The van der Waals surface area contributed by atoms with Crippen LogP contribution in [0, 0.1) is 0 Å². The SMILES string of the molecule is COc1cc(OC)c([P-]c2c(OC)cc(OC)cc2OC)c(OC)c1.[K+]. The van der Waals surface area contributed by atoms with Crippen molar-refractivity contribution in [3.05, 3.63) is 24.3 Å². The van der Waals surface area contributed by atoms with Crippen molar-refractivity contribution in [2.45, 2.75) is 0 Å². The van der Waals surface area contributed by atoms with Gasteiger partial charge in [0.25, 0.3) is 0 Å². The average Bonchev–Trinajstić information content (AvgIpc) is 2.67. The third kappa shape index (κ3) is 5.18. The van der Waals surface area contributed by atoms with E-state index in [1.165, 1.54) is 0 Å². The standard InChI is InChI=1S/C18H22O6P.K/c1-19-11-7-13(21-3)17(14(8-11)22-4)25-18-15(23-5)9-12(20-2)10-16(18)24-6;/h7-10H,1-6H3;/q-1;+1. The van der Waals surface area contributed by atoms with E-state index >= 15 is 0 Å². The van der Waals surface area contributed by atoms with Crippen molar-refractivity contribution in [2.75, 3.05) is 42.7 Å². The first-order valence-electron chi connectivity index (χ1n) is 7.43. The van der Waals surface area contributed by atoms with E-state index < -0.39 is 0 Å². The van der Waals surface area contributed by atoms with Crippen LogP contribution in [0.3, 0.4) is 0 Å². The van der Waals surface area contributed by atoms with Crippen molar-refractivity contribution in [1.82, 2.24) is 0 Å². The van der Waals surface area contributed by atoms with Gasteiger partial charge in [-0.3, -0.25) is 0 Å². The molecule has 0 saturated heterocycles. The number of benzene rings is 2. The van der Waals surface area contributed by atoms with Crippen LogP contribution < -0.4 is 90.4 Å². The molecule has 0 fully saturated rings. The van der Waals surface area contributed by atoms with Crippen molar-refractivity contribution in [3.63, 3.8) is 0 Å². The molecule has 0 N–H and O–H groups in total. The molecule has 0 spiro atoms. The summed E-state index contributed by atoms with van der Waals surface area (Å²) >= 11 is 0. The van der Waals surface area contributed by atoms with E-state index in [2.05, 4.69) is 0 Å². The summed E-state index contributed by atoms with van der Waals surface area (Å²) < 4.78 is 32.7. The smallest absolute Gasteiger partial charge is 0.499 e. The Kier molecular flexibility index (Phi) is 10.1. The Labute approximate surface area is 198 Å². The molecule has 6 nitrogen and oxygen atoms in total. The Morgan fingerprint density at radius 3 is 0.962 bits per heavy atom. The first-order valence-corrected chi connectivity index (χ1v) is 8.33. The van der Waals surface area contributed by atoms with E-state index in [1.54, 1.807) is 42.7 Å². The van der Waals surface area contributed by atoms with E-state index in [4.69, 9.17) is 28.4 Å². The minimum atomic E-state index is 0. The zero-order valence-corrected chi connectivity index (χ0v) is 20.2. The normalized spacial score (nSPS) is 9.77. The molecule has 0 aliphatic rings. The third-order valence-corrected chi connectivity index (χ3v) is 4.93. The van der Waals surface area contributed by atoms with Crippen LogP contribution >= 0.6 is 8.58 Å². The first kappa shape index (κ1) is 23.3. The molecule has 2 rings (SSSR count). The van der Waals surface area contributed by atoms with Crippen LogP contribution in [0.4, 0.5) is 0 Å². The Hall–Kier alpha value is -0.694. The molecule has 2 aromatic carbocycles. The van der Waals surface area contributed by atoms with Crippen molar-refractivity contribution in [3.8, 4) is 34.5 Å². The predicted molar refractivity (Wildman–Crippen MR) is 98.4 cm³/mol. The topological polar surface area (TPSA) is 55.4 Å². The number of rotatable bonds is 8. The molecule has 2 aromatic rings. The van der Waals surface area contributed by atoms with Gasteiger partial charge in [0.15, 0.2) is 0 Å². The predicted octanol–water partition coefficient (Wildman–Crippen LogP) is -0.361. The number of ether oxygens (including phenoxy) is 6. The summed E-state index contributed by atoms with van der Waals surface area (Å²) in [6.45, 7) is 0. The van der Waals surface area contributed by atoms with Gasteiger partial charge in [-0.1, -0.05) is 0 Å². The fourth-order valence-corrected chi connectivity index (χ4v) is 3.59. The molecule has 0 aliphatic carbocycles. The number of hydrogen-bond donors (Lipinski definition) is 0. The van der Waals surface area contributed by atoms with Crippen LogP contribution in [0.25, 0.3) is 0 Å². The van der Waals surface area contributed by atoms with E-state index in [-0.39, 0.29) is 51.4 Å². The molecule has 8 heteroatoms. The Balaban J connectivity index is 0.00000338. The van der Waals surface area contributed by atoms with E-state index in [1.807, 2.05) is 24.3 Å². The van der Waals surface area contributed by atoms with Gasteiger partial charge in [0.05, 0.1) is 65.7 Å². The summed E-state index contributed by atoms with van der Waals surface area (Å²) in [6, 6.07) is 7.25. The van der Waals surface area contributed by atoms with Crippen molar-refractivity contribution >= 4 is 19.2 Å². The molecule has 0 amide bonds. The maximum atomic E-state index is 5.52. The molecule has 26 heavy (non-hydrogen) atoms. The van der Waals surface area contributed by atoms with Crippen molar-refractivity contribution in [1.29, 1.82) is 0 Å². The van der Waals surface area contributed by atoms with Gasteiger partial charge in [-0.05, 0) is 0 Å². The van der Waals surface area contributed by atoms with Crippen LogP contribution in [-0.2, 0) is 0 Å². The molecule has 136 valence electrons. The molecule has 0 heterocycles. The van der Waals surface area contributed by atoms with E-state index in [0.29, 0.717) is 34.5 Å². The van der Waals surface area contributed by atoms with E-state index in [0.717, 1.165) is 19.2 Å². The number of methoxy groups -OCH3 is 6. The van der Waals surface area contributed by atoms with Gasteiger partial charge < -0.3 is 37.0 Å². The largest absolute Gasteiger partial charge is 1.00 e. The number of hydrogen-bond acceptors (Lipinski definition) is 6. The van der Waals surface area contributed by atoms with Gasteiger partial charge in [0, 0.05) is 24.3 Å². The summed E-state index contributed by atoms with van der Waals surface area (Å²) in [5.74, 6) is 3.91. The Morgan fingerprint density at radius 1 is 0.500 bits per heavy atom. The average molecular weight is 404 g/mol. The molecule has 0 bridgehead atoms. The van der Waals surface area contributed by atoms with Gasteiger partial charge in [0.2, 0.25) is 0 Å². The third-order valence-electron chi connectivity index (χ3n) is 3.60. The molecular weight excluding hydrogens is 382 g/mol. The molecule has 0 saturated carbocycles. The second-order valence-electron chi connectivity index (χ2n) is 4.87. The van der Waals surface area contributed by atoms with Crippen molar-refractivity contribution < 1.29 is 79.8 Å². The maximum Gasteiger partial charge on any atom is 1.00 e. The van der Waals surface area contributed by atoms with Gasteiger partial charge in [-0.2, -0.15) is 0 Å². The van der Waals surface area contributed by atoms with Gasteiger partial charge in [-0.25, -0.2) is 0 Å².